The second-order valence-corrected chi connectivity index (χ2v) is 31.1. The van der Waals surface area contributed by atoms with Gasteiger partial charge in [-0.3, -0.25) is 19.3 Å². The first kappa shape index (κ1) is 76.6. The number of piperidine rings is 6. The summed E-state index contributed by atoms with van der Waals surface area (Å²) in [6, 6.07) is 31.1. The molecule has 2 bridgehead atoms. The summed E-state index contributed by atoms with van der Waals surface area (Å²) < 4.78 is 63.2. The number of hydrogen-bond acceptors (Lipinski definition) is 14. The Morgan fingerprint density at radius 1 is 0.402 bits per heavy atom. The van der Waals surface area contributed by atoms with E-state index in [1.807, 2.05) is 59.7 Å². The normalized spacial score (nSPS) is 22.3. The van der Waals surface area contributed by atoms with Crippen LogP contribution in [0, 0.1) is 17.5 Å². The second kappa shape index (κ2) is 33.1. The van der Waals surface area contributed by atoms with Gasteiger partial charge in [0.25, 0.3) is 5.91 Å². The van der Waals surface area contributed by atoms with E-state index in [1.165, 1.54) is 42.0 Å². The lowest BCUT2D eigenvalue weighted by Crippen LogP contribution is -2.55. The summed E-state index contributed by atoms with van der Waals surface area (Å²) in [5.74, 6) is -0.969. The molecule has 0 aliphatic carbocycles. The number of carbonyl (C=O) groups is 7. The molecule has 3 spiro atoms. The highest BCUT2D eigenvalue weighted by Crippen LogP contribution is 2.52. The van der Waals surface area contributed by atoms with Gasteiger partial charge in [-0.05, 0) is 264 Å². The number of nitrogens with zero attached hydrogens (tertiary/aromatic N) is 9. The number of fused-ring (bicyclic) bond motifs is 8. The van der Waals surface area contributed by atoms with Crippen LogP contribution in [0.15, 0.2) is 103 Å². The van der Waals surface area contributed by atoms with Crippen LogP contribution in [0.25, 0.3) is 11.1 Å². The summed E-state index contributed by atoms with van der Waals surface area (Å²) in [4.78, 5) is 106. The molecule has 5 aromatic rings. The molecule has 6 amide bonds. The molecule has 2 unspecified atom stereocenters. The number of benzene rings is 5. The molecule has 10 heterocycles. The van der Waals surface area contributed by atoms with Crippen LogP contribution in [-0.4, -0.2) is 213 Å². The zero-order chi connectivity index (χ0) is 75.3. The molecule has 0 aromatic heterocycles. The first-order chi connectivity index (χ1) is 51.7. The summed E-state index contributed by atoms with van der Waals surface area (Å²) in [6.45, 7) is 22.7. The highest BCUT2D eigenvalue weighted by atomic mass is 19.1. The van der Waals surface area contributed by atoms with Gasteiger partial charge in [-0.1, -0.05) is 43.7 Å². The standard InChI is InChI=1S/C30H37N3O4.C29H33F2N3O3.C25H36FN3O4/c1-4-37-29(36)32-15-11-26(12-16-32)31-17-13-30(14-18-31)20-33(22(3)35)28-10-9-25(19-27(28)30)24-7-5-23(6-8-24)21(2)34;1-2-37-28(36)34-22-8-9-23(34)17-24(16-22)32-13-11-29(12-14-32)18-33(26-10-7-21(31)15-25(26)29)27(35)19-3-5-20(30)6-4-19;1-3-5-16-33-24(31)29-18-25(21-17-19(26)6-7-22(21)29)10-14-27(15-11-25)20-8-12-28(13-9-20)23(30)32-4-2/h5-10,19,26H,4,11-18,20H2,1-3H3;3-7,10,15,22-24H,2,8-9,11-14,16-18H2,1H3;6-7,17,20H,3-5,8-16,18H2,1-2H3. The van der Waals surface area contributed by atoms with E-state index in [0.717, 1.165) is 214 Å². The highest BCUT2D eigenvalue weighted by Gasteiger charge is 2.53. The molecule has 15 rings (SSSR count). The topological polar surface area (TPSA) is 186 Å². The molecule has 0 N–H and O–H groups in total. The number of ether oxygens (including phenoxy) is 4. The fraction of sp³-hybridized carbons (Fsp3) is 0.560. The predicted octanol–water partition coefficient (Wildman–Crippen LogP) is 14.5. The quantitative estimate of drug-likeness (QED) is 0.0652. The largest absolute Gasteiger partial charge is 0.450 e. The molecule has 574 valence electrons. The summed E-state index contributed by atoms with van der Waals surface area (Å²) in [6.07, 6.45) is 14.1. The third-order valence-corrected chi connectivity index (χ3v) is 25.1. The van der Waals surface area contributed by atoms with Crippen molar-refractivity contribution in [3.8, 4) is 11.1 Å². The van der Waals surface area contributed by atoms with Crippen LogP contribution in [0.3, 0.4) is 0 Å². The van der Waals surface area contributed by atoms with Gasteiger partial charge >= 0.3 is 24.4 Å². The molecular weight excluding hydrogens is 1370 g/mol. The smallest absolute Gasteiger partial charge is 0.414 e. The average molecular weight is 1470 g/mol. The second-order valence-electron chi connectivity index (χ2n) is 31.1. The van der Waals surface area contributed by atoms with Crippen LogP contribution >= 0.6 is 0 Å². The van der Waals surface area contributed by atoms with Crippen molar-refractivity contribution in [2.45, 2.75) is 191 Å². The molecule has 20 nitrogen and oxygen atoms in total. The minimum Gasteiger partial charge on any atom is -0.450 e. The number of ketones is 1. The first-order valence-corrected chi connectivity index (χ1v) is 39.3. The van der Waals surface area contributed by atoms with E-state index < -0.39 is 0 Å². The van der Waals surface area contributed by atoms with Crippen LogP contribution in [0.1, 0.15) is 182 Å². The number of rotatable bonds is 12. The molecule has 0 saturated carbocycles. The Morgan fingerprint density at radius 3 is 1.27 bits per heavy atom. The monoisotopic (exact) mass is 1470 g/mol. The Kier molecular flexibility index (Phi) is 23.7. The number of unbranched alkanes of at least 4 members (excludes halogenated alkanes) is 1. The van der Waals surface area contributed by atoms with Gasteiger partial charge in [0, 0.05) is 122 Å². The Hall–Kier alpha value is -8.54. The molecule has 7 saturated heterocycles. The number of likely N-dealkylation sites (tertiary alicyclic amines) is 5. The fourth-order valence-electron chi connectivity index (χ4n) is 19.2. The van der Waals surface area contributed by atoms with Crippen molar-refractivity contribution in [3.05, 3.63) is 148 Å². The van der Waals surface area contributed by atoms with Gasteiger partial charge in [0.15, 0.2) is 5.78 Å². The van der Waals surface area contributed by atoms with Crippen molar-refractivity contribution in [3.63, 3.8) is 0 Å². The van der Waals surface area contributed by atoms with Crippen LogP contribution in [0.5, 0.6) is 0 Å². The van der Waals surface area contributed by atoms with Crippen LogP contribution in [-0.2, 0) is 40.0 Å². The molecule has 7 fully saturated rings. The van der Waals surface area contributed by atoms with Gasteiger partial charge in [-0.15, -0.1) is 0 Å². The Labute approximate surface area is 627 Å². The zero-order valence-electron chi connectivity index (χ0n) is 63.2. The van der Waals surface area contributed by atoms with E-state index in [0.29, 0.717) is 68.8 Å². The van der Waals surface area contributed by atoms with E-state index in [4.69, 9.17) is 18.9 Å². The summed E-state index contributed by atoms with van der Waals surface area (Å²) in [5.41, 5.74) is 8.45. The zero-order valence-corrected chi connectivity index (χ0v) is 63.2. The first-order valence-electron chi connectivity index (χ1n) is 39.3. The maximum Gasteiger partial charge on any atom is 0.414 e. The number of amides is 6. The van der Waals surface area contributed by atoms with E-state index in [-0.39, 0.29) is 87.8 Å². The predicted molar refractivity (Wildman–Crippen MR) is 404 cm³/mol. The Balaban J connectivity index is 0.000000142. The van der Waals surface area contributed by atoms with E-state index in [9.17, 15) is 46.7 Å². The summed E-state index contributed by atoms with van der Waals surface area (Å²) in [7, 11) is 0. The number of Topliss-reactive ketones (excluding diaryl/α,β-unsaturated/α-hetero) is 1. The van der Waals surface area contributed by atoms with E-state index in [2.05, 4.69) is 39.8 Å². The summed E-state index contributed by atoms with van der Waals surface area (Å²) >= 11 is 0. The molecule has 10 aliphatic heterocycles. The Bertz CT molecular complexity index is 4010. The fourth-order valence-corrected chi connectivity index (χ4v) is 19.2. The third kappa shape index (κ3) is 16.2. The number of anilines is 3. The summed E-state index contributed by atoms with van der Waals surface area (Å²) in [5, 5.41) is 0. The van der Waals surface area contributed by atoms with Crippen molar-refractivity contribution in [2.24, 2.45) is 0 Å². The SMILES string of the molecule is CCCCOC(=O)N1CC2(CCN(C3CCN(C(=O)OCC)CC3)CC2)c2cc(F)ccc21.CCOC(=O)N1C2CCC1CC(N1CCC3(CC1)CN(C(=O)c1ccc(F)cc1)c1ccc(F)cc13)C2.CCOC(=O)N1CCC(N2CCC3(CC2)CN(C(C)=O)c2ccc(-c4ccc(C(C)=O)cc4)cc23)CC1. The van der Waals surface area contributed by atoms with Gasteiger partial charge in [-0.25, -0.2) is 32.3 Å². The molecule has 23 heteroatoms. The Morgan fingerprint density at radius 2 is 0.804 bits per heavy atom. The number of hydrogen-bond donors (Lipinski definition) is 0. The minimum absolute atomic E-state index is 0.0432. The molecule has 5 aromatic carbocycles. The lowest BCUT2D eigenvalue weighted by atomic mass is 9.73. The lowest BCUT2D eigenvalue weighted by molar-refractivity contribution is -0.116. The van der Waals surface area contributed by atoms with Crippen LogP contribution in [0.2, 0.25) is 0 Å². The van der Waals surface area contributed by atoms with Gasteiger partial charge in [0.2, 0.25) is 5.91 Å². The lowest BCUT2D eigenvalue weighted by Gasteiger charge is -2.47. The van der Waals surface area contributed by atoms with Crippen molar-refractivity contribution < 1.29 is 65.7 Å². The highest BCUT2D eigenvalue weighted by molar-refractivity contribution is 6.08. The molecule has 0 radical (unpaired) electrons. The van der Waals surface area contributed by atoms with Crippen molar-refractivity contribution >= 4 is 59.0 Å². The van der Waals surface area contributed by atoms with Crippen LogP contribution in [0.4, 0.5) is 49.4 Å². The van der Waals surface area contributed by atoms with Gasteiger partial charge < -0.3 is 58.1 Å². The van der Waals surface area contributed by atoms with Crippen LogP contribution < -0.4 is 14.7 Å². The van der Waals surface area contributed by atoms with E-state index >= 15 is 0 Å². The third-order valence-electron chi connectivity index (χ3n) is 25.1. The van der Waals surface area contributed by atoms with Gasteiger partial charge in [-0.2, -0.15) is 0 Å². The van der Waals surface area contributed by atoms with Gasteiger partial charge in [0.1, 0.15) is 17.5 Å². The maximum absolute atomic E-state index is 14.4. The van der Waals surface area contributed by atoms with Crippen molar-refractivity contribution in [2.75, 3.05) is 126 Å². The molecule has 10 aliphatic rings. The number of halogens is 3. The number of carbonyl (C=O) groups excluding carboxylic acids is 7. The van der Waals surface area contributed by atoms with Gasteiger partial charge in [0.05, 0.1) is 32.1 Å². The van der Waals surface area contributed by atoms with Crippen molar-refractivity contribution in [1.29, 1.82) is 0 Å². The maximum atomic E-state index is 14.4. The molecule has 107 heavy (non-hydrogen) atoms. The minimum atomic E-state index is -0.384. The average Bonchev–Trinajstić information content (AvgIpc) is 1.60. The molecule has 2 atom stereocenters. The van der Waals surface area contributed by atoms with E-state index in [1.54, 1.807) is 52.8 Å². The van der Waals surface area contributed by atoms with Crippen molar-refractivity contribution in [1.82, 2.24) is 29.4 Å². The molecular formula is C84H106F3N9O11.